The van der Waals surface area contributed by atoms with E-state index in [-0.39, 0.29) is 18.9 Å². The summed E-state index contributed by atoms with van der Waals surface area (Å²) in [6, 6.07) is 12.3. The van der Waals surface area contributed by atoms with Crippen molar-refractivity contribution in [3.63, 3.8) is 0 Å². The van der Waals surface area contributed by atoms with Crippen LogP contribution in [0.15, 0.2) is 54.9 Å². The van der Waals surface area contributed by atoms with Crippen molar-refractivity contribution in [3.8, 4) is 0 Å². The predicted octanol–water partition coefficient (Wildman–Crippen LogP) is 3.74. The molecule has 0 saturated carbocycles. The van der Waals surface area contributed by atoms with Crippen LogP contribution in [-0.4, -0.2) is 44.7 Å². The van der Waals surface area contributed by atoms with Crippen molar-refractivity contribution >= 4 is 51.4 Å². The number of nitrogens with zero attached hydrogens (tertiary/aromatic N) is 3. The minimum Gasteiger partial charge on any atom is -0.464 e. The van der Waals surface area contributed by atoms with E-state index < -0.39 is 28.6 Å². The highest BCUT2D eigenvalue weighted by molar-refractivity contribution is 7.84. The summed E-state index contributed by atoms with van der Waals surface area (Å²) in [5, 5.41) is 0. The molecule has 0 N–H and O–H groups in total. The van der Waals surface area contributed by atoms with Crippen molar-refractivity contribution in [2.24, 2.45) is 0 Å². The average Bonchev–Trinajstić information content (AvgIpc) is 3.18. The molecule has 32 heavy (non-hydrogen) atoms. The average molecular weight is 492 g/mol. The first kappa shape index (κ1) is 24.0. The number of carbonyl (C=O) groups excluding carboxylic acids is 2. The quantitative estimate of drug-likeness (QED) is 0.334. The van der Waals surface area contributed by atoms with E-state index in [9.17, 15) is 13.8 Å². The first-order valence-corrected chi connectivity index (χ1v) is 12.6. The van der Waals surface area contributed by atoms with Crippen LogP contribution in [0.5, 0.6) is 0 Å². The van der Waals surface area contributed by atoms with Crippen molar-refractivity contribution < 1.29 is 18.5 Å². The third-order valence-corrected chi connectivity index (χ3v) is 6.41. The van der Waals surface area contributed by atoms with E-state index >= 15 is 0 Å². The second-order valence-electron chi connectivity index (χ2n) is 6.94. The Morgan fingerprint density at radius 2 is 1.94 bits per heavy atom. The van der Waals surface area contributed by atoms with Crippen LogP contribution in [0.3, 0.4) is 0 Å². The van der Waals surface area contributed by atoms with Crippen LogP contribution in [0.4, 0.5) is 5.82 Å². The lowest BCUT2D eigenvalue weighted by molar-refractivity contribution is -0.147. The highest BCUT2D eigenvalue weighted by Gasteiger charge is 2.35. The number of hydrogen-bond donors (Lipinski definition) is 0. The summed E-state index contributed by atoms with van der Waals surface area (Å²) in [4.78, 5) is 37.5. The van der Waals surface area contributed by atoms with Gasteiger partial charge in [-0.2, -0.15) is 0 Å². The zero-order chi connectivity index (χ0) is 23.1. The van der Waals surface area contributed by atoms with Crippen LogP contribution in [0, 0.1) is 6.92 Å². The number of benzene rings is 1. The molecule has 0 bridgehead atoms. The molecule has 2 atom stereocenters. The smallest absolute Gasteiger partial charge is 0.323 e. The van der Waals surface area contributed by atoms with Gasteiger partial charge in [0.1, 0.15) is 12.4 Å². The predicted molar refractivity (Wildman–Crippen MR) is 126 cm³/mol. The number of anilines is 1. The van der Waals surface area contributed by atoms with E-state index in [1.807, 2.05) is 13.0 Å². The maximum atomic E-state index is 13.8. The molecule has 1 aromatic carbocycles. The lowest BCUT2D eigenvalue weighted by atomic mass is 9.97. The second kappa shape index (κ2) is 11.3. The van der Waals surface area contributed by atoms with Crippen LogP contribution in [0.1, 0.15) is 21.9 Å². The van der Waals surface area contributed by atoms with Gasteiger partial charge in [0.25, 0.3) is 0 Å². The van der Waals surface area contributed by atoms with Gasteiger partial charge in [0.15, 0.2) is 10.4 Å². The summed E-state index contributed by atoms with van der Waals surface area (Å²) in [5.41, 5.74) is 1.28. The molecular weight excluding hydrogens is 470 g/mol. The normalized spacial score (nSPS) is 12.7. The van der Waals surface area contributed by atoms with Crippen molar-refractivity contribution in [2.75, 3.05) is 23.5 Å². The van der Waals surface area contributed by atoms with Crippen LogP contribution < -0.4 is 4.90 Å². The largest absolute Gasteiger partial charge is 0.464 e. The fraction of sp³-hybridized carbons (Fsp3) is 0.273. The topological polar surface area (TPSA) is 89.5 Å². The van der Waals surface area contributed by atoms with Gasteiger partial charge in [-0.15, -0.1) is 11.3 Å². The molecule has 0 radical (unpaired) electrons. The SMILES string of the molecule is Cc1cccnc1N(Cc1cnc(Cl)s1)C(=O)C(C(=O)OCCS(C)=O)c1ccccc1. The van der Waals surface area contributed by atoms with Gasteiger partial charge < -0.3 is 4.74 Å². The monoisotopic (exact) mass is 491 g/mol. The molecule has 3 aromatic rings. The molecule has 168 valence electrons. The van der Waals surface area contributed by atoms with E-state index in [4.69, 9.17) is 16.3 Å². The van der Waals surface area contributed by atoms with E-state index in [1.165, 1.54) is 22.5 Å². The Hall–Kier alpha value is -2.62. The second-order valence-corrected chi connectivity index (χ2v) is 10.2. The zero-order valence-corrected chi connectivity index (χ0v) is 20.0. The Bertz CT molecular complexity index is 1110. The summed E-state index contributed by atoms with van der Waals surface area (Å²) in [5.74, 6) is -1.75. The molecule has 2 unspecified atom stereocenters. The molecule has 1 amide bonds. The number of aryl methyl sites for hydroxylation is 1. The molecule has 7 nitrogen and oxygen atoms in total. The van der Waals surface area contributed by atoms with Gasteiger partial charge >= 0.3 is 5.97 Å². The van der Waals surface area contributed by atoms with Crippen molar-refractivity contribution in [2.45, 2.75) is 19.4 Å². The van der Waals surface area contributed by atoms with Crippen LogP contribution >= 0.6 is 22.9 Å². The lowest BCUT2D eigenvalue weighted by Gasteiger charge is -2.26. The number of amides is 1. The summed E-state index contributed by atoms with van der Waals surface area (Å²) in [7, 11) is -1.12. The van der Waals surface area contributed by atoms with E-state index in [0.29, 0.717) is 15.8 Å². The minimum atomic E-state index is -1.20. The zero-order valence-electron chi connectivity index (χ0n) is 17.6. The minimum absolute atomic E-state index is 0.0361. The van der Waals surface area contributed by atoms with Crippen LogP contribution in [0.2, 0.25) is 4.47 Å². The van der Waals surface area contributed by atoms with Crippen LogP contribution in [-0.2, 0) is 31.7 Å². The van der Waals surface area contributed by atoms with Gasteiger partial charge in [-0.3, -0.25) is 18.7 Å². The van der Waals surface area contributed by atoms with E-state index in [0.717, 1.165) is 10.4 Å². The number of ether oxygens (including phenoxy) is 1. The fourth-order valence-corrected chi connectivity index (χ4v) is 4.34. The Balaban J connectivity index is 1.99. The Kier molecular flexibility index (Phi) is 8.49. The highest BCUT2D eigenvalue weighted by Crippen LogP contribution is 2.28. The molecule has 0 fully saturated rings. The van der Waals surface area contributed by atoms with Gasteiger partial charge in [0.05, 0.1) is 12.3 Å². The molecule has 0 aliphatic rings. The number of thiazole rings is 1. The first-order valence-electron chi connectivity index (χ1n) is 9.71. The van der Waals surface area contributed by atoms with Crippen molar-refractivity contribution in [1.29, 1.82) is 0 Å². The maximum absolute atomic E-state index is 13.8. The number of carbonyl (C=O) groups is 2. The number of pyridine rings is 1. The van der Waals surface area contributed by atoms with Gasteiger partial charge in [-0.1, -0.05) is 48.0 Å². The molecule has 0 aliphatic carbocycles. The standard InChI is InChI=1S/C22H22ClN3O4S2/c1-15-7-6-10-24-19(15)26(14-17-13-25-22(23)31-17)20(27)18(16-8-4-3-5-9-16)21(28)30-11-12-32(2)29/h3-10,13,18H,11-12,14H2,1-2H3. The molecule has 0 spiro atoms. The van der Waals surface area contributed by atoms with Gasteiger partial charge in [-0.25, -0.2) is 9.97 Å². The Labute approximate surface area is 197 Å². The third-order valence-electron chi connectivity index (χ3n) is 4.57. The third kappa shape index (κ3) is 6.21. The maximum Gasteiger partial charge on any atom is 0.323 e. The molecular formula is C22H22ClN3O4S2. The van der Waals surface area contributed by atoms with E-state index in [2.05, 4.69) is 9.97 Å². The van der Waals surface area contributed by atoms with Crippen LogP contribution in [0.25, 0.3) is 0 Å². The van der Waals surface area contributed by atoms with Gasteiger partial charge in [0, 0.05) is 34.3 Å². The van der Waals surface area contributed by atoms with Crippen molar-refractivity contribution in [3.05, 3.63) is 75.3 Å². The first-order chi connectivity index (χ1) is 15.4. The fourth-order valence-electron chi connectivity index (χ4n) is 3.05. The summed E-state index contributed by atoms with van der Waals surface area (Å²) < 4.78 is 17.0. The molecule has 0 aliphatic heterocycles. The Morgan fingerprint density at radius 1 is 1.19 bits per heavy atom. The summed E-state index contributed by atoms with van der Waals surface area (Å²) in [6.07, 6.45) is 4.71. The lowest BCUT2D eigenvalue weighted by Crippen LogP contribution is -2.39. The molecule has 3 rings (SSSR count). The van der Waals surface area contributed by atoms with E-state index in [1.54, 1.807) is 48.8 Å². The molecule has 10 heteroatoms. The van der Waals surface area contributed by atoms with Gasteiger partial charge in [0.2, 0.25) is 5.91 Å². The van der Waals surface area contributed by atoms with Gasteiger partial charge in [-0.05, 0) is 24.1 Å². The molecule has 2 aromatic heterocycles. The summed E-state index contributed by atoms with van der Waals surface area (Å²) in [6.45, 7) is 1.96. The number of halogens is 1. The van der Waals surface area contributed by atoms with Crippen molar-refractivity contribution in [1.82, 2.24) is 9.97 Å². The number of hydrogen-bond acceptors (Lipinski definition) is 7. The highest BCUT2D eigenvalue weighted by atomic mass is 35.5. The Morgan fingerprint density at radius 3 is 2.56 bits per heavy atom. The molecule has 0 saturated heterocycles. The number of esters is 1. The summed E-state index contributed by atoms with van der Waals surface area (Å²) >= 11 is 7.23. The molecule has 2 heterocycles. The number of aromatic nitrogens is 2. The number of rotatable bonds is 9.